The largest absolute Gasteiger partial charge is 0.307 e. The standard InChI is InChI=1S/C15H21N/c1-11(2)14-10-9-12(3)16-15(14)13-7-5-4-6-8-13/h4-8,12,14-16H,1,9-10H2,2-3H3. The predicted molar refractivity (Wildman–Crippen MR) is 69.3 cm³/mol. The van der Waals surface area contributed by atoms with Crippen LogP contribution in [0.15, 0.2) is 42.5 Å². The van der Waals surface area contributed by atoms with Crippen LogP contribution in [0.4, 0.5) is 0 Å². The van der Waals surface area contributed by atoms with E-state index in [-0.39, 0.29) is 0 Å². The Hall–Kier alpha value is -1.08. The minimum Gasteiger partial charge on any atom is -0.307 e. The molecule has 1 heteroatoms. The van der Waals surface area contributed by atoms with Gasteiger partial charge >= 0.3 is 0 Å². The average molecular weight is 215 g/mol. The molecule has 1 saturated heterocycles. The molecule has 0 spiro atoms. The van der Waals surface area contributed by atoms with E-state index in [9.17, 15) is 0 Å². The summed E-state index contributed by atoms with van der Waals surface area (Å²) in [5.74, 6) is 0.582. The van der Waals surface area contributed by atoms with Crippen molar-refractivity contribution < 1.29 is 0 Å². The van der Waals surface area contributed by atoms with Crippen LogP contribution in [-0.4, -0.2) is 6.04 Å². The number of hydrogen-bond donors (Lipinski definition) is 1. The lowest BCUT2D eigenvalue weighted by molar-refractivity contribution is 0.271. The first-order chi connectivity index (χ1) is 7.68. The molecular formula is C15H21N. The molecule has 1 fully saturated rings. The number of piperidine rings is 1. The van der Waals surface area contributed by atoms with Crippen molar-refractivity contribution in [1.29, 1.82) is 0 Å². The van der Waals surface area contributed by atoms with E-state index in [0.29, 0.717) is 18.0 Å². The Bertz CT molecular complexity index is 355. The molecule has 2 rings (SSSR count). The number of hydrogen-bond acceptors (Lipinski definition) is 1. The van der Waals surface area contributed by atoms with Crippen LogP contribution < -0.4 is 5.32 Å². The zero-order valence-electron chi connectivity index (χ0n) is 10.2. The maximum absolute atomic E-state index is 4.14. The second-order valence-corrected chi connectivity index (χ2v) is 4.99. The summed E-state index contributed by atoms with van der Waals surface area (Å²) in [5, 5.41) is 3.70. The van der Waals surface area contributed by atoms with Crippen LogP contribution in [0.25, 0.3) is 0 Å². The van der Waals surface area contributed by atoms with Crippen LogP contribution in [-0.2, 0) is 0 Å². The molecule has 3 atom stereocenters. The van der Waals surface area contributed by atoms with E-state index < -0.39 is 0 Å². The Morgan fingerprint density at radius 1 is 1.25 bits per heavy atom. The summed E-state index contributed by atoms with van der Waals surface area (Å²) in [4.78, 5) is 0. The fourth-order valence-corrected chi connectivity index (χ4v) is 2.62. The van der Waals surface area contributed by atoms with Gasteiger partial charge in [-0.25, -0.2) is 0 Å². The molecular weight excluding hydrogens is 194 g/mol. The van der Waals surface area contributed by atoms with Crippen molar-refractivity contribution >= 4 is 0 Å². The van der Waals surface area contributed by atoms with Gasteiger partial charge in [-0.2, -0.15) is 0 Å². The highest BCUT2D eigenvalue weighted by Gasteiger charge is 2.29. The lowest BCUT2D eigenvalue weighted by atomic mass is 9.80. The van der Waals surface area contributed by atoms with Crippen LogP contribution in [0.5, 0.6) is 0 Å². The summed E-state index contributed by atoms with van der Waals surface area (Å²) in [6, 6.07) is 11.8. The topological polar surface area (TPSA) is 12.0 Å². The average Bonchev–Trinajstić information content (AvgIpc) is 2.29. The van der Waals surface area contributed by atoms with Crippen molar-refractivity contribution in [3.63, 3.8) is 0 Å². The maximum Gasteiger partial charge on any atom is 0.0388 e. The first kappa shape index (κ1) is 11.4. The molecule has 1 aliphatic rings. The Balaban J connectivity index is 2.24. The van der Waals surface area contributed by atoms with Crippen molar-refractivity contribution in [3.05, 3.63) is 48.0 Å². The summed E-state index contributed by atoms with van der Waals surface area (Å²) in [7, 11) is 0. The fraction of sp³-hybridized carbons (Fsp3) is 0.467. The van der Waals surface area contributed by atoms with Gasteiger partial charge in [0.1, 0.15) is 0 Å². The molecule has 1 heterocycles. The van der Waals surface area contributed by atoms with Crippen LogP contribution in [0, 0.1) is 5.92 Å². The molecule has 0 bridgehead atoms. The molecule has 0 radical (unpaired) electrons. The summed E-state index contributed by atoms with van der Waals surface area (Å²) < 4.78 is 0. The third-order valence-electron chi connectivity index (χ3n) is 3.57. The molecule has 86 valence electrons. The van der Waals surface area contributed by atoms with E-state index in [1.165, 1.54) is 24.0 Å². The first-order valence-electron chi connectivity index (χ1n) is 6.15. The van der Waals surface area contributed by atoms with Gasteiger partial charge < -0.3 is 5.32 Å². The molecule has 0 amide bonds. The van der Waals surface area contributed by atoms with Crippen molar-refractivity contribution in [2.45, 2.75) is 38.8 Å². The van der Waals surface area contributed by atoms with Crippen LogP contribution in [0.1, 0.15) is 38.3 Å². The van der Waals surface area contributed by atoms with Crippen LogP contribution in [0.3, 0.4) is 0 Å². The number of rotatable bonds is 2. The van der Waals surface area contributed by atoms with E-state index in [1.54, 1.807) is 0 Å². The number of nitrogens with one attached hydrogen (secondary N) is 1. The van der Waals surface area contributed by atoms with Crippen molar-refractivity contribution in [1.82, 2.24) is 5.32 Å². The highest BCUT2D eigenvalue weighted by Crippen LogP contribution is 2.35. The van der Waals surface area contributed by atoms with Gasteiger partial charge in [0.05, 0.1) is 0 Å². The summed E-state index contributed by atoms with van der Waals surface area (Å²) in [5.41, 5.74) is 2.69. The molecule has 0 aromatic heterocycles. The van der Waals surface area contributed by atoms with Gasteiger partial charge in [0.15, 0.2) is 0 Å². The quantitative estimate of drug-likeness (QED) is 0.742. The molecule has 1 aromatic rings. The van der Waals surface area contributed by atoms with Gasteiger partial charge in [-0.05, 0) is 38.2 Å². The molecule has 1 nitrogen and oxygen atoms in total. The van der Waals surface area contributed by atoms with E-state index >= 15 is 0 Å². The molecule has 1 aliphatic heterocycles. The maximum atomic E-state index is 4.14. The molecule has 1 N–H and O–H groups in total. The number of benzene rings is 1. The van der Waals surface area contributed by atoms with Crippen molar-refractivity contribution in [3.8, 4) is 0 Å². The van der Waals surface area contributed by atoms with Gasteiger partial charge in [-0.1, -0.05) is 42.5 Å². The van der Waals surface area contributed by atoms with Crippen molar-refractivity contribution in [2.24, 2.45) is 5.92 Å². The van der Waals surface area contributed by atoms with Gasteiger partial charge in [-0.15, -0.1) is 0 Å². The highest BCUT2D eigenvalue weighted by molar-refractivity contribution is 5.23. The zero-order valence-corrected chi connectivity index (χ0v) is 10.2. The smallest absolute Gasteiger partial charge is 0.0388 e. The molecule has 0 saturated carbocycles. The molecule has 16 heavy (non-hydrogen) atoms. The SMILES string of the molecule is C=C(C)C1CCC(C)NC1c1ccccc1. The van der Waals surface area contributed by atoms with Crippen LogP contribution in [0.2, 0.25) is 0 Å². The minimum atomic E-state index is 0.447. The van der Waals surface area contributed by atoms with E-state index in [0.717, 1.165) is 0 Å². The molecule has 3 unspecified atom stereocenters. The highest BCUT2D eigenvalue weighted by atomic mass is 15.0. The van der Waals surface area contributed by atoms with E-state index in [1.807, 2.05) is 0 Å². The third kappa shape index (κ3) is 2.35. The lowest BCUT2D eigenvalue weighted by Crippen LogP contribution is -2.40. The second-order valence-electron chi connectivity index (χ2n) is 4.99. The summed E-state index contributed by atoms with van der Waals surface area (Å²) in [6.45, 7) is 8.56. The van der Waals surface area contributed by atoms with Crippen LogP contribution >= 0.6 is 0 Å². The van der Waals surface area contributed by atoms with Gasteiger partial charge in [0.25, 0.3) is 0 Å². The Morgan fingerprint density at radius 2 is 1.94 bits per heavy atom. The Labute approximate surface area is 98.6 Å². The monoisotopic (exact) mass is 215 g/mol. The van der Waals surface area contributed by atoms with Gasteiger partial charge in [-0.3, -0.25) is 0 Å². The Morgan fingerprint density at radius 3 is 2.56 bits per heavy atom. The van der Waals surface area contributed by atoms with Crippen molar-refractivity contribution in [2.75, 3.05) is 0 Å². The summed E-state index contributed by atoms with van der Waals surface area (Å²) in [6.07, 6.45) is 2.50. The zero-order chi connectivity index (χ0) is 11.5. The molecule has 1 aromatic carbocycles. The molecule has 0 aliphatic carbocycles. The van der Waals surface area contributed by atoms with Gasteiger partial charge in [0.2, 0.25) is 0 Å². The summed E-state index contributed by atoms with van der Waals surface area (Å²) >= 11 is 0. The lowest BCUT2D eigenvalue weighted by Gasteiger charge is -2.37. The van der Waals surface area contributed by atoms with E-state index in [4.69, 9.17) is 0 Å². The second kappa shape index (κ2) is 4.84. The Kier molecular flexibility index (Phi) is 3.45. The minimum absolute atomic E-state index is 0.447. The normalized spacial score (nSPS) is 30.0. The predicted octanol–water partition coefficient (Wildman–Crippen LogP) is 3.69. The fourth-order valence-electron chi connectivity index (χ4n) is 2.62. The third-order valence-corrected chi connectivity index (χ3v) is 3.57. The first-order valence-corrected chi connectivity index (χ1v) is 6.15. The van der Waals surface area contributed by atoms with E-state index in [2.05, 4.69) is 56.1 Å². The van der Waals surface area contributed by atoms with Gasteiger partial charge in [0, 0.05) is 12.1 Å².